The van der Waals surface area contributed by atoms with Crippen molar-refractivity contribution in [1.82, 2.24) is 4.98 Å². The number of nitrogens with zero attached hydrogens (tertiary/aromatic N) is 1. The minimum atomic E-state index is -4.40. The Balaban J connectivity index is 2.27. The molecule has 6 heteroatoms. The number of halogens is 3. The van der Waals surface area contributed by atoms with Crippen molar-refractivity contribution in [2.45, 2.75) is 19.1 Å². The molecule has 1 heterocycles. The number of pyridine rings is 1. The summed E-state index contributed by atoms with van der Waals surface area (Å²) in [6.45, 7) is 1.87. The molecule has 1 unspecified atom stereocenters. The highest BCUT2D eigenvalue weighted by atomic mass is 19.4. The molecule has 2 rings (SSSR count). The smallest absolute Gasteiger partial charge is 0.373 e. The average Bonchev–Trinajstić information content (AvgIpc) is 2.46. The maximum Gasteiger partial charge on any atom is 0.416 e. The summed E-state index contributed by atoms with van der Waals surface area (Å²) in [7, 11) is 1.53. The molecule has 3 nitrogen and oxygen atoms in total. The number of hydrogen-bond donors (Lipinski definition) is 2. The van der Waals surface area contributed by atoms with E-state index in [9.17, 15) is 13.2 Å². The van der Waals surface area contributed by atoms with Crippen LogP contribution < -0.4 is 10.6 Å². The number of benzene rings is 1. The molecule has 1 aromatic carbocycles. The number of nitrogens with one attached hydrogen (secondary N) is 2. The third kappa shape index (κ3) is 3.87. The van der Waals surface area contributed by atoms with E-state index in [4.69, 9.17) is 0 Å². The van der Waals surface area contributed by atoms with E-state index in [0.717, 1.165) is 17.7 Å². The van der Waals surface area contributed by atoms with Crippen molar-refractivity contribution in [2.24, 2.45) is 0 Å². The second kappa shape index (κ2) is 6.03. The minimum Gasteiger partial charge on any atom is -0.373 e. The van der Waals surface area contributed by atoms with Gasteiger partial charge in [0, 0.05) is 13.1 Å². The van der Waals surface area contributed by atoms with Crippen LogP contribution in [0.15, 0.2) is 42.5 Å². The number of hydrogen-bond acceptors (Lipinski definition) is 3. The molecule has 0 spiro atoms. The molecule has 0 radical (unpaired) electrons. The monoisotopic (exact) mass is 295 g/mol. The van der Waals surface area contributed by atoms with Crippen LogP contribution in [0.2, 0.25) is 0 Å². The van der Waals surface area contributed by atoms with Crippen molar-refractivity contribution in [3.05, 3.63) is 53.6 Å². The molecule has 21 heavy (non-hydrogen) atoms. The summed E-state index contributed by atoms with van der Waals surface area (Å²) >= 11 is 0. The van der Waals surface area contributed by atoms with Crippen molar-refractivity contribution in [2.75, 3.05) is 17.7 Å². The number of anilines is 2. The fourth-order valence-electron chi connectivity index (χ4n) is 1.94. The van der Waals surface area contributed by atoms with E-state index >= 15 is 0 Å². The Hall–Kier alpha value is -2.24. The lowest BCUT2D eigenvalue weighted by molar-refractivity contribution is -0.137. The maximum absolute atomic E-state index is 12.9. The van der Waals surface area contributed by atoms with E-state index in [1.165, 1.54) is 7.05 Å². The summed E-state index contributed by atoms with van der Waals surface area (Å²) in [5.74, 6) is 0.359. The van der Waals surface area contributed by atoms with Gasteiger partial charge >= 0.3 is 6.18 Å². The average molecular weight is 295 g/mol. The van der Waals surface area contributed by atoms with Crippen LogP contribution in [0.25, 0.3) is 0 Å². The van der Waals surface area contributed by atoms with Gasteiger partial charge in [0.2, 0.25) is 0 Å². The topological polar surface area (TPSA) is 37.0 Å². The highest BCUT2D eigenvalue weighted by molar-refractivity contribution is 5.50. The Kier molecular flexibility index (Phi) is 4.35. The van der Waals surface area contributed by atoms with Crippen molar-refractivity contribution in [3.8, 4) is 0 Å². The van der Waals surface area contributed by atoms with E-state index in [1.54, 1.807) is 0 Å². The lowest BCUT2D eigenvalue weighted by Crippen LogP contribution is -2.12. The third-order valence-electron chi connectivity index (χ3n) is 3.07. The molecule has 0 saturated carbocycles. The Morgan fingerprint density at radius 2 is 1.67 bits per heavy atom. The summed E-state index contributed by atoms with van der Waals surface area (Å²) in [6.07, 6.45) is -4.40. The SMILES string of the molecule is CNc1cc(C(F)(F)F)cc(NC(C)c2ccccc2)n1. The molecule has 1 atom stereocenters. The molecule has 2 N–H and O–H groups in total. The van der Waals surface area contributed by atoms with Gasteiger partial charge in [-0.3, -0.25) is 0 Å². The van der Waals surface area contributed by atoms with Gasteiger partial charge in [0.25, 0.3) is 0 Å². The van der Waals surface area contributed by atoms with Gasteiger partial charge in [-0.15, -0.1) is 0 Å². The molecule has 0 amide bonds. The van der Waals surface area contributed by atoms with Crippen molar-refractivity contribution < 1.29 is 13.2 Å². The Morgan fingerprint density at radius 3 is 2.24 bits per heavy atom. The fraction of sp³-hybridized carbons (Fsp3) is 0.267. The van der Waals surface area contributed by atoms with Crippen LogP contribution in [-0.2, 0) is 6.18 Å². The molecule has 0 fully saturated rings. The molecule has 0 aliphatic rings. The lowest BCUT2D eigenvalue weighted by atomic mass is 10.1. The van der Waals surface area contributed by atoms with Crippen LogP contribution in [0.5, 0.6) is 0 Å². The summed E-state index contributed by atoms with van der Waals surface area (Å²) in [6, 6.07) is 11.3. The molecule has 0 saturated heterocycles. The zero-order valence-electron chi connectivity index (χ0n) is 11.7. The fourth-order valence-corrected chi connectivity index (χ4v) is 1.94. The van der Waals surface area contributed by atoms with Gasteiger partial charge < -0.3 is 10.6 Å². The molecular formula is C15H16F3N3. The highest BCUT2D eigenvalue weighted by Gasteiger charge is 2.31. The van der Waals surface area contributed by atoms with E-state index in [2.05, 4.69) is 15.6 Å². The lowest BCUT2D eigenvalue weighted by Gasteiger charge is -2.17. The molecule has 1 aromatic heterocycles. The quantitative estimate of drug-likeness (QED) is 0.882. The predicted octanol–water partition coefficient (Wildman–Crippen LogP) is 4.32. The zero-order valence-corrected chi connectivity index (χ0v) is 11.7. The summed E-state index contributed by atoms with van der Waals surface area (Å²) in [5.41, 5.74) is 0.243. The number of rotatable bonds is 4. The van der Waals surface area contributed by atoms with Crippen LogP contribution >= 0.6 is 0 Å². The number of alkyl halides is 3. The van der Waals surface area contributed by atoms with Gasteiger partial charge in [0.1, 0.15) is 11.6 Å². The molecule has 0 bridgehead atoms. The van der Waals surface area contributed by atoms with Crippen LogP contribution in [-0.4, -0.2) is 12.0 Å². The van der Waals surface area contributed by atoms with E-state index < -0.39 is 11.7 Å². The highest BCUT2D eigenvalue weighted by Crippen LogP contribution is 2.32. The van der Waals surface area contributed by atoms with Gasteiger partial charge in [-0.2, -0.15) is 13.2 Å². The first-order valence-corrected chi connectivity index (χ1v) is 6.48. The van der Waals surface area contributed by atoms with E-state index in [1.807, 2.05) is 37.3 Å². The third-order valence-corrected chi connectivity index (χ3v) is 3.07. The molecule has 0 aliphatic heterocycles. The van der Waals surface area contributed by atoms with Crippen LogP contribution in [0.4, 0.5) is 24.8 Å². The van der Waals surface area contributed by atoms with Crippen LogP contribution in [0.3, 0.4) is 0 Å². The normalized spacial score (nSPS) is 12.8. The maximum atomic E-state index is 12.9. The van der Waals surface area contributed by atoms with E-state index in [-0.39, 0.29) is 17.7 Å². The Labute approximate surface area is 121 Å². The summed E-state index contributed by atoms with van der Waals surface area (Å²) in [5, 5.41) is 5.64. The van der Waals surface area contributed by atoms with Crippen LogP contribution in [0, 0.1) is 0 Å². The predicted molar refractivity (Wildman–Crippen MR) is 77.3 cm³/mol. The van der Waals surface area contributed by atoms with Gasteiger partial charge in [-0.1, -0.05) is 30.3 Å². The zero-order chi connectivity index (χ0) is 15.5. The van der Waals surface area contributed by atoms with Crippen LogP contribution in [0.1, 0.15) is 24.1 Å². The van der Waals surface area contributed by atoms with Gasteiger partial charge in [-0.25, -0.2) is 4.98 Å². The molecule has 0 aliphatic carbocycles. The minimum absolute atomic E-state index is 0.146. The van der Waals surface area contributed by atoms with Gasteiger partial charge in [0.15, 0.2) is 0 Å². The molecule has 112 valence electrons. The van der Waals surface area contributed by atoms with Crippen molar-refractivity contribution in [1.29, 1.82) is 0 Å². The van der Waals surface area contributed by atoms with Gasteiger partial charge in [-0.05, 0) is 24.6 Å². The second-order valence-electron chi connectivity index (χ2n) is 4.65. The van der Waals surface area contributed by atoms with Crippen molar-refractivity contribution in [3.63, 3.8) is 0 Å². The first kappa shape index (κ1) is 15.2. The summed E-state index contributed by atoms with van der Waals surface area (Å²) in [4.78, 5) is 4.11. The Bertz CT molecular complexity index is 597. The second-order valence-corrected chi connectivity index (χ2v) is 4.65. The van der Waals surface area contributed by atoms with Crippen molar-refractivity contribution >= 4 is 11.6 Å². The first-order valence-electron chi connectivity index (χ1n) is 6.48. The first-order chi connectivity index (χ1) is 9.90. The van der Waals surface area contributed by atoms with E-state index in [0.29, 0.717) is 0 Å². The molecular weight excluding hydrogens is 279 g/mol. The summed E-state index contributed by atoms with van der Waals surface area (Å²) < 4.78 is 38.6. The van der Waals surface area contributed by atoms with Gasteiger partial charge in [0.05, 0.1) is 5.56 Å². The Morgan fingerprint density at radius 1 is 1.05 bits per heavy atom. The largest absolute Gasteiger partial charge is 0.416 e. The standard InChI is InChI=1S/C15H16F3N3/c1-10(11-6-4-3-5-7-11)20-14-9-12(15(16,17)18)8-13(19-2)21-14/h3-10H,1-2H3,(H2,19,20,21). The molecule has 2 aromatic rings. The number of aromatic nitrogens is 1.